The molecule has 0 N–H and O–H groups in total. The molecule has 2 nitrogen and oxygen atoms in total. The van der Waals surface area contributed by atoms with E-state index < -0.39 is 51.2 Å². The number of ether oxygens (including phenoxy) is 2. The van der Waals surface area contributed by atoms with Gasteiger partial charge in [0, 0.05) is 43.9 Å². The third-order valence-electron chi connectivity index (χ3n) is 11.0. The maximum Gasteiger partial charge on any atom is 0.380 e. The number of halogens is 6. The summed E-state index contributed by atoms with van der Waals surface area (Å²) < 4.78 is 111. The number of fused-ring (bicyclic) bond motifs is 15. The lowest BCUT2D eigenvalue weighted by atomic mass is 9.79. The van der Waals surface area contributed by atoms with Gasteiger partial charge in [-0.2, -0.15) is 26.3 Å². The Morgan fingerprint density at radius 3 is 1.32 bits per heavy atom. The van der Waals surface area contributed by atoms with E-state index in [1.165, 1.54) is 23.5 Å². The van der Waals surface area contributed by atoms with Crippen molar-refractivity contribution in [1.82, 2.24) is 0 Å². The van der Waals surface area contributed by atoms with Crippen molar-refractivity contribution in [3.63, 3.8) is 0 Å². The minimum absolute atomic E-state index is 0.222. The van der Waals surface area contributed by atoms with Crippen LogP contribution in [0.2, 0.25) is 0 Å². The number of hydrogen-bond acceptors (Lipinski definition) is 4. The number of hydrogen-bond donors (Lipinski definition) is 0. The van der Waals surface area contributed by atoms with Crippen LogP contribution in [0.3, 0.4) is 0 Å². The van der Waals surface area contributed by atoms with Gasteiger partial charge in [-0.25, -0.2) is 0 Å². The molecular weight excluding hydrogens is 727 g/mol. The van der Waals surface area contributed by atoms with E-state index in [9.17, 15) is 0 Å². The average Bonchev–Trinajstić information content (AvgIpc) is 3.74. The number of rotatable bonds is 0. The molecule has 0 spiro atoms. The van der Waals surface area contributed by atoms with Crippen LogP contribution in [0, 0.1) is 0 Å². The summed E-state index contributed by atoms with van der Waals surface area (Å²) in [5.41, 5.74) is -0.360. The Hall–Kier alpha value is -4.54. The van der Waals surface area contributed by atoms with Crippen molar-refractivity contribution in [3.8, 4) is 22.6 Å². The Morgan fingerprint density at radius 2 is 0.868 bits per heavy atom. The molecule has 4 atom stereocenters. The number of thioether (sulfide) groups is 2. The monoisotopic (exact) mass is 754 g/mol. The van der Waals surface area contributed by atoms with Crippen LogP contribution in [-0.4, -0.2) is 41.5 Å². The molecule has 1 aliphatic carbocycles. The average molecular weight is 755 g/mol. The molecule has 6 aromatic rings. The topological polar surface area (TPSA) is 18.5 Å². The Kier molecular flexibility index (Phi) is 7.32. The zero-order chi connectivity index (χ0) is 36.3. The number of allylic oxidation sites excluding steroid dienone is 2. The van der Waals surface area contributed by atoms with E-state index in [0.29, 0.717) is 32.4 Å². The van der Waals surface area contributed by atoms with Crippen LogP contribution in [0.5, 0.6) is 11.5 Å². The minimum Gasteiger partial charge on any atom is -0.492 e. The highest BCUT2D eigenvalue weighted by Gasteiger charge is 2.82. The molecule has 0 bridgehead atoms. The summed E-state index contributed by atoms with van der Waals surface area (Å²) in [5.74, 6) is -18.1. The Bertz CT molecular complexity index is 2340. The molecule has 10 heteroatoms. The molecule has 53 heavy (non-hydrogen) atoms. The van der Waals surface area contributed by atoms with Crippen molar-refractivity contribution in [1.29, 1.82) is 0 Å². The molecule has 2 unspecified atom stereocenters. The predicted octanol–water partition coefficient (Wildman–Crippen LogP) is 12.2. The summed E-state index contributed by atoms with van der Waals surface area (Å²) in [4.78, 5) is 1.13. The highest BCUT2D eigenvalue weighted by Crippen LogP contribution is 2.69. The van der Waals surface area contributed by atoms with Gasteiger partial charge in [-0.15, -0.1) is 23.5 Å². The van der Waals surface area contributed by atoms with Crippen molar-refractivity contribution in [2.45, 2.75) is 49.9 Å². The van der Waals surface area contributed by atoms with Crippen molar-refractivity contribution in [2.75, 3.05) is 13.2 Å². The van der Waals surface area contributed by atoms with E-state index in [0.717, 1.165) is 32.7 Å². The van der Waals surface area contributed by atoms with Gasteiger partial charge in [0.05, 0.1) is 10.5 Å². The number of alkyl halides is 6. The molecule has 266 valence electrons. The van der Waals surface area contributed by atoms with Gasteiger partial charge < -0.3 is 9.47 Å². The van der Waals surface area contributed by atoms with E-state index in [1.54, 1.807) is 48.5 Å². The van der Waals surface area contributed by atoms with Crippen LogP contribution in [0.1, 0.15) is 23.0 Å². The fraction of sp³-hybridized carbons (Fsp3) is 0.209. The summed E-state index contributed by atoms with van der Waals surface area (Å²) in [7, 11) is 0. The fourth-order valence-corrected chi connectivity index (χ4v) is 11.4. The Morgan fingerprint density at radius 1 is 0.472 bits per heavy atom. The lowest BCUT2D eigenvalue weighted by molar-refractivity contribution is -0.266. The highest BCUT2D eigenvalue weighted by molar-refractivity contribution is 8.00. The van der Waals surface area contributed by atoms with Gasteiger partial charge in [0.15, 0.2) is 0 Å². The van der Waals surface area contributed by atoms with Crippen LogP contribution < -0.4 is 9.47 Å². The molecule has 10 rings (SSSR count). The fourth-order valence-electron chi connectivity index (χ4n) is 8.70. The zero-order valence-corrected chi connectivity index (χ0v) is 29.3. The predicted molar refractivity (Wildman–Crippen MR) is 197 cm³/mol. The number of benzene rings is 6. The van der Waals surface area contributed by atoms with Crippen molar-refractivity contribution in [3.05, 3.63) is 144 Å². The molecule has 0 saturated carbocycles. The van der Waals surface area contributed by atoms with E-state index in [4.69, 9.17) is 9.47 Å². The van der Waals surface area contributed by atoms with Gasteiger partial charge in [0.25, 0.3) is 0 Å². The maximum atomic E-state index is 16.6. The van der Waals surface area contributed by atoms with Gasteiger partial charge in [-0.05, 0) is 56.9 Å². The van der Waals surface area contributed by atoms with Crippen LogP contribution in [0.4, 0.5) is 26.3 Å². The molecule has 3 heterocycles. The van der Waals surface area contributed by atoms with Gasteiger partial charge in [-0.1, -0.05) is 97.1 Å². The standard InChI is InChI=1S/C43H28F6O2S2/c44-41(45)39-37-27-13-5-7-15-31(27)52-33(37)21-50-29-19-17-23-9-1-3-11-25(23)35(29)36-26-12-4-2-10-24(26)18-20-30(36)51-22-34-38(28-14-6-8-16-32(28)53-34)40(39)42(46,47)43(41,48)49/h1-20,33-34,37-38H,21-22H2/t33-,34-,37?,38?/m0/s1. The van der Waals surface area contributed by atoms with E-state index in [-0.39, 0.29) is 13.2 Å². The van der Waals surface area contributed by atoms with Crippen LogP contribution in [0.25, 0.3) is 32.7 Å². The maximum absolute atomic E-state index is 16.6. The van der Waals surface area contributed by atoms with Crippen molar-refractivity contribution >= 4 is 45.1 Å². The van der Waals surface area contributed by atoms with Gasteiger partial charge in [-0.3, -0.25) is 0 Å². The largest absolute Gasteiger partial charge is 0.492 e. The Labute approximate surface area is 309 Å². The molecule has 0 radical (unpaired) electrons. The molecule has 0 fully saturated rings. The molecule has 0 amide bonds. The van der Waals surface area contributed by atoms with Crippen molar-refractivity contribution in [2.24, 2.45) is 0 Å². The van der Waals surface area contributed by atoms with Crippen LogP contribution in [-0.2, 0) is 0 Å². The summed E-state index contributed by atoms with van der Waals surface area (Å²) in [6, 6.07) is 36.4. The SMILES string of the molecule is FC1(F)C2=C(C3c4ccccc4S[C@H]3COc3ccc4ccccc4c3-c3c(ccc4ccccc34)OC[C@@H]3Sc4ccccc4C23)C(F)(F)C1(F)F. The van der Waals surface area contributed by atoms with Crippen molar-refractivity contribution < 1.29 is 35.8 Å². The molecule has 4 aliphatic rings. The van der Waals surface area contributed by atoms with Gasteiger partial charge >= 0.3 is 17.8 Å². The van der Waals surface area contributed by atoms with Gasteiger partial charge in [0.2, 0.25) is 0 Å². The molecular formula is C43H28F6O2S2. The Balaban J connectivity index is 1.27. The third-order valence-corrected chi connectivity index (χ3v) is 13.7. The smallest absolute Gasteiger partial charge is 0.380 e. The first-order valence-electron chi connectivity index (χ1n) is 17.3. The van der Waals surface area contributed by atoms with Crippen LogP contribution >= 0.6 is 23.5 Å². The summed E-state index contributed by atoms with van der Waals surface area (Å²) in [6.45, 7) is -0.445. The second kappa shape index (κ2) is 11.7. The lowest BCUT2D eigenvalue weighted by Crippen LogP contribution is -2.50. The summed E-state index contributed by atoms with van der Waals surface area (Å²) in [6.07, 6.45) is 0. The second-order valence-electron chi connectivity index (χ2n) is 13.8. The summed E-state index contributed by atoms with van der Waals surface area (Å²) in [5, 5.41) is 1.74. The summed E-state index contributed by atoms with van der Waals surface area (Å²) >= 11 is 2.39. The van der Waals surface area contributed by atoms with Gasteiger partial charge in [0.1, 0.15) is 24.7 Å². The second-order valence-corrected chi connectivity index (χ2v) is 16.4. The molecule has 3 aliphatic heterocycles. The minimum atomic E-state index is -5.67. The van der Waals surface area contributed by atoms with E-state index >= 15 is 26.3 Å². The van der Waals surface area contributed by atoms with E-state index in [1.807, 2.05) is 72.8 Å². The first-order valence-corrected chi connectivity index (χ1v) is 19.0. The first kappa shape index (κ1) is 33.1. The zero-order valence-electron chi connectivity index (χ0n) is 27.7. The lowest BCUT2D eigenvalue weighted by Gasteiger charge is -2.30. The van der Waals surface area contributed by atoms with Crippen LogP contribution in [0.15, 0.2) is 142 Å². The molecule has 0 saturated heterocycles. The first-order chi connectivity index (χ1) is 25.6. The molecule has 0 aromatic heterocycles. The normalized spacial score (nSPS) is 24.8. The highest BCUT2D eigenvalue weighted by atomic mass is 32.2. The third kappa shape index (κ3) is 4.64. The van der Waals surface area contributed by atoms with E-state index in [2.05, 4.69) is 0 Å². The quantitative estimate of drug-likeness (QED) is 0.113. The molecule has 6 aromatic carbocycles.